The molecule has 3 aromatic rings. The molecule has 1 amide bonds. The van der Waals surface area contributed by atoms with Crippen LogP contribution in [0.15, 0.2) is 47.0 Å². The van der Waals surface area contributed by atoms with E-state index in [-0.39, 0.29) is 29.7 Å². The number of furan rings is 1. The van der Waals surface area contributed by atoms with Crippen molar-refractivity contribution in [3.05, 3.63) is 59.7 Å². The summed E-state index contributed by atoms with van der Waals surface area (Å²) in [6.45, 7) is 1.86. The molecule has 7 nitrogen and oxygen atoms in total. The fraction of sp³-hybridized carbons (Fsp3) is 0.316. The molecule has 0 radical (unpaired) electrons. The van der Waals surface area contributed by atoms with Crippen molar-refractivity contribution in [1.82, 2.24) is 20.5 Å². The smallest absolute Gasteiger partial charge is 0.272 e. The van der Waals surface area contributed by atoms with E-state index in [0.29, 0.717) is 24.3 Å². The first-order chi connectivity index (χ1) is 12.6. The average Bonchev–Trinajstić information content (AvgIpc) is 3.27. The Hall–Kier alpha value is -2.93. The van der Waals surface area contributed by atoms with E-state index >= 15 is 0 Å². The Balaban J connectivity index is 1.52. The normalized spacial score (nSPS) is 20.4. The topological polar surface area (TPSA) is 104 Å². The summed E-state index contributed by atoms with van der Waals surface area (Å²) in [7, 11) is 0. The molecule has 3 N–H and O–H groups in total. The maximum Gasteiger partial charge on any atom is 0.272 e. The number of aryl methyl sites for hydroxylation is 1. The Labute approximate surface area is 150 Å². The van der Waals surface area contributed by atoms with Crippen molar-refractivity contribution in [2.45, 2.75) is 31.9 Å². The largest absolute Gasteiger partial charge is 0.460 e. The molecule has 0 spiro atoms. The highest BCUT2D eigenvalue weighted by Crippen LogP contribution is 2.37. The number of hydrogen-bond acceptors (Lipinski definition) is 5. The van der Waals surface area contributed by atoms with Crippen molar-refractivity contribution in [3.8, 4) is 11.5 Å². The van der Waals surface area contributed by atoms with Crippen molar-refractivity contribution >= 4 is 5.91 Å². The number of nitrogens with zero attached hydrogens (tertiary/aromatic N) is 2. The zero-order valence-electron chi connectivity index (χ0n) is 14.3. The second kappa shape index (κ2) is 6.76. The Kier molecular flexibility index (Phi) is 4.30. The molecule has 26 heavy (non-hydrogen) atoms. The van der Waals surface area contributed by atoms with Gasteiger partial charge in [-0.05, 0) is 49.9 Å². The summed E-state index contributed by atoms with van der Waals surface area (Å²) in [5.74, 6) is 1.31. The summed E-state index contributed by atoms with van der Waals surface area (Å²) in [5, 5.41) is 19.6. The van der Waals surface area contributed by atoms with E-state index in [0.717, 1.165) is 11.5 Å². The fourth-order valence-electron chi connectivity index (χ4n) is 3.25. The molecule has 0 aromatic carbocycles. The number of rotatable bonds is 5. The summed E-state index contributed by atoms with van der Waals surface area (Å²) in [6, 6.07) is 10.7. The summed E-state index contributed by atoms with van der Waals surface area (Å²) < 4.78 is 5.55. The van der Waals surface area contributed by atoms with Crippen LogP contribution in [0.5, 0.6) is 0 Å². The Morgan fingerprint density at radius 1 is 1.35 bits per heavy atom. The van der Waals surface area contributed by atoms with Gasteiger partial charge in [0.05, 0.1) is 17.8 Å². The Morgan fingerprint density at radius 3 is 2.85 bits per heavy atom. The molecular formula is C19H20N4O3. The lowest BCUT2D eigenvalue weighted by atomic mass is 9.76. The third kappa shape index (κ3) is 3.25. The first-order valence-corrected chi connectivity index (χ1v) is 8.62. The molecule has 0 aliphatic heterocycles. The molecule has 1 aliphatic rings. The van der Waals surface area contributed by atoms with E-state index in [1.165, 1.54) is 0 Å². The maximum atomic E-state index is 12.7. The van der Waals surface area contributed by atoms with Crippen molar-refractivity contribution in [2.75, 3.05) is 0 Å². The molecular weight excluding hydrogens is 332 g/mol. The van der Waals surface area contributed by atoms with Gasteiger partial charge < -0.3 is 14.8 Å². The predicted octanol–water partition coefficient (Wildman–Crippen LogP) is 2.62. The molecule has 4 rings (SSSR count). The van der Waals surface area contributed by atoms with Crippen molar-refractivity contribution in [1.29, 1.82) is 0 Å². The highest BCUT2D eigenvalue weighted by atomic mass is 16.3. The Morgan fingerprint density at radius 2 is 2.19 bits per heavy atom. The van der Waals surface area contributed by atoms with Crippen molar-refractivity contribution in [3.63, 3.8) is 0 Å². The first kappa shape index (κ1) is 16.5. The Bertz CT molecular complexity index is 896. The third-order valence-corrected chi connectivity index (χ3v) is 4.73. The molecule has 7 heteroatoms. The minimum atomic E-state index is -0.303. The monoisotopic (exact) mass is 352 g/mol. The van der Waals surface area contributed by atoms with Gasteiger partial charge >= 0.3 is 0 Å². The molecule has 1 atom stereocenters. The average molecular weight is 352 g/mol. The van der Waals surface area contributed by atoms with E-state index in [4.69, 9.17) is 4.42 Å². The number of hydrogen-bond donors (Lipinski definition) is 3. The van der Waals surface area contributed by atoms with Gasteiger partial charge in [0.15, 0.2) is 11.5 Å². The second-order valence-corrected chi connectivity index (χ2v) is 6.67. The van der Waals surface area contributed by atoms with E-state index in [9.17, 15) is 9.90 Å². The van der Waals surface area contributed by atoms with E-state index < -0.39 is 0 Å². The van der Waals surface area contributed by atoms with Gasteiger partial charge in [-0.2, -0.15) is 5.10 Å². The van der Waals surface area contributed by atoms with Crippen LogP contribution in [0.2, 0.25) is 0 Å². The van der Waals surface area contributed by atoms with Gasteiger partial charge in [-0.25, -0.2) is 0 Å². The number of pyridine rings is 1. The van der Waals surface area contributed by atoms with Gasteiger partial charge in [0.2, 0.25) is 0 Å². The molecule has 3 heterocycles. The highest BCUT2D eigenvalue weighted by molar-refractivity contribution is 5.93. The molecule has 134 valence electrons. The van der Waals surface area contributed by atoms with Gasteiger partial charge in [-0.1, -0.05) is 6.07 Å². The van der Waals surface area contributed by atoms with E-state index in [1.807, 2.05) is 37.3 Å². The first-order valence-electron chi connectivity index (χ1n) is 8.62. The molecule has 0 unspecified atom stereocenters. The molecule has 3 aromatic heterocycles. The lowest BCUT2D eigenvalue weighted by Gasteiger charge is -2.37. The van der Waals surface area contributed by atoms with Crippen LogP contribution in [0.3, 0.4) is 0 Å². The fourth-order valence-corrected chi connectivity index (χ4v) is 3.25. The molecule has 0 bridgehead atoms. The molecule has 1 saturated carbocycles. The molecule has 0 saturated heterocycles. The quantitative estimate of drug-likeness (QED) is 0.655. The van der Waals surface area contributed by atoms with Gasteiger partial charge in [-0.3, -0.25) is 14.9 Å². The standard InChI is InChI=1S/C19H20N4O3/c1-11-5-6-17(26-11)15-10-16(23-22-15)19(25)21-18(12-8-13(24)9-12)14-4-2-3-7-20-14/h2-7,10,12-13,18,24H,8-9H2,1H3,(H,21,25)(H,22,23)/t12?,13?,18-/m0/s1. The summed E-state index contributed by atoms with van der Waals surface area (Å²) in [6.07, 6.45) is 2.70. The van der Waals surface area contributed by atoms with Crippen LogP contribution in [0.4, 0.5) is 0 Å². The van der Waals surface area contributed by atoms with Gasteiger partial charge in [0, 0.05) is 12.3 Å². The summed E-state index contributed by atoms with van der Waals surface area (Å²) >= 11 is 0. The lowest BCUT2D eigenvalue weighted by molar-refractivity contribution is 0.0227. The zero-order valence-corrected chi connectivity index (χ0v) is 14.3. The predicted molar refractivity (Wildman–Crippen MR) is 94.2 cm³/mol. The number of carbonyl (C=O) groups excluding carboxylic acids is 1. The van der Waals surface area contributed by atoms with E-state index in [2.05, 4.69) is 20.5 Å². The molecule has 1 aliphatic carbocycles. The van der Waals surface area contributed by atoms with Crippen LogP contribution >= 0.6 is 0 Å². The van der Waals surface area contributed by atoms with Crippen LogP contribution < -0.4 is 5.32 Å². The number of aromatic amines is 1. The number of nitrogens with one attached hydrogen (secondary N) is 2. The minimum Gasteiger partial charge on any atom is -0.460 e. The van der Waals surface area contributed by atoms with Crippen LogP contribution in [0, 0.1) is 12.8 Å². The SMILES string of the molecule is Cc1ccc(-c2cc(C(=O)N[C@H](c3ccccn3)C3CC(O)C3)n[nH]2)o1. The number of carbonyl (C=O) groups is 1. The van der Waals surface area contributed by atoms with Gasteiger partial charge in [0.1, 0.15) is 11.5 Å². The summed E-state index contributed by atoms with van der Waals surface area (Å²) in [5.41, 5.74) is 1.72. The van der Waals surface area contributed by atoms with Crippen molar-refractivity contribution in [2.24, 2.45) is 5.92 Å². The number of aliphatic hydroxyl groups excluding tert-OH is 1. The van der Waals surface area contributed by atoms with Crippen molar-refractivity contribution < 1.29 is 14.3 Å². The molecule has 1 fully saturated rings. The van der Waals surface area contributed by atoms with Gasteiger partial charge in [0.25, 0.3) is 5.91 Å². The van der Waals surface area contributed by atoms with Crippen LogP contribution in [0.1, 0.15) is 40.8 Å². The lowest BCUT2D eigenvalue weighted by Crippen LogP contribution is -2.41. The maximum absolute atomic E-state index is 12.7. The van der Waals surface area contributed by atoms with E-state index in [1.54, 1.807) is 12.3 Å². The van der Waals surface area contributed by atoms with Gasteiger partial charge in [-0.15, -0.1) is 0 Å². The van der Waals surface area contributed by atoms with Crippen LogP contribution in [-0.4, -0.2) is 32.3 Å². The van der Waals surface area contributed by atoms with Crippen LogP contribution in [-0.2, 0) is 0 Å². The number of amides is 1. The van der Waals surface area contributed by atoms with Crippen LogP contribution in [0.25, 0.3) is 11.5 Å². The number of aliphatic hydroxyl groups is 1. The summed E-state index contributed by atoms with van der Waals surface area (Å²) in [4.78, 5) is 17.1. The zero-order chi connectivity index (χ0) is 18.1. The highest BCUT2D eigenvalue weighted by Gasteiger charge is 2.36. The number of H-pyrrole nitrogens is 1. The number of aromatic nitrogens is 3. The third-order valence-electron chi connectivity index (χ3n) is 4.73. The second-order valence-electron chi connectivity index (χ2n) is 6.67. The minimum absolute atomic E-state index is 0.162.